The highest BCUT2D eigenvalue weighted by Crippen LogP contribution is 1.93. The van der Waals surface area contributed by atoms with Gasteiger partial charge >= 0.3 is 5.97 Å². The van der Waals surface area contributed by atoms with Gasteiger partial charge in [-0.1, -0.05) is 6.92 Å². The minimum Gasteiger partial charge on any atom is -0.462 e. The minimum atomic E-state index is -0.574. The molecule has 1 N–H and O–H groups in total. The molecule has 1 aromatic rings. The van der Waals surface area contributed by atoms with Crippen LogP contribution in [0.15, 0.2) is 18.7 Å². The molecule has 0 spiro atoms. The molecule has 0 aliphatic rings. The third kappa shape index (κ3) is 3.99. The highest BCUT2D eigenvalue weighted by molar-refractivity contribution is 5.68. The van der Waals surface area contributed by atoms with Gasteiger partial charge in [-0.3, -0.25) is 4.79 Å². The molecule has 0 aliphatic carbocycles. The van der Waals surface area contributed by atoms with E-state index in [1.54, 1.807) is 19.3 Å². The Morgan fingerprint density at radius 3 is 3.00 bits per heavy atom. The Morgan fingerprint density at radius 1 is 1.67 bits per heavy atom. The number of carbonyl (C=O) groups is 1. The molecular weight excluding hydrogens is 200 g/mol. The summed E-state index contributed by atoms with van der Waals surface area (Å²) in [4.78, 5) is 19.9. The van der Waals surface area contributed by atoms with Gasteiger partial charge in [0, 0.05) is 12.6 Å². The lowest BCUT2D eigenvalue weighted by Gasteiger charge is -2.16. The Balaban J connectivity index is 2.33. The summed E-state index contributed by atoms with van der Waals surface area (Å²) in [5.41, 5.74) is 0. The number of hydrogen-bond acceptors (Lipinski definition) is 5. The maximum atomic E-state index is 10.9. The van der Waals surface area contributed by atoms with Gasteiger partial charge in [-0.15, -0.1) is 0 Å². The zero-order valence-corrected chi connectivity index (χ0v) is 8.50. The summed E-state index contributed by atoms with van der Waals surface area (Å²) < 4.78 is 6.18. The largest absolute Gasteiger partial charge is 0.462 e. The average molecular weight is 214 g/mol. The fourth-order valence-electron chi connectivity index (χ4n) is 0.886. The van der Waals surface area contributed by atoms with Gasteiger partial charge in [-0.2, -0.15) is 4.73 Å². The summed E-state index contributed by atoms with van der Waals surface area (Å²) in [6.07, 6.45) is 4.32. The van der Waals surface area contributed by atoms with Crippen LogP contribution in [0.2, 0.25) is 0 Å². The van der Waals surface area contributed by atoms with Gasteiger partial charge in [0.2, 0.25) is 0 Å². The first-order chi connectivity index (χ1) is 7.26. The van der Waals surface area contributed by atoms with Crippen molar-refractivity contribution in [2.24, 2.45) is 0 Å². The number of aliphatic hydroxyl groups excluding tert-OH is 1. The van der Waals surface area contributed by atoms with Crippen molar-refractivity contribution >= 4 is 5.97 Å². The van der Waals surface area contributed by atoms with Crippen molar-refractivity contribution in [2.75, 3.05) is 13.2 Å². The van der Waals surface area contributed by atoms with Crippen molar-refractivity contribution in [1.29, 1.82) is 0 Å². The summed E-state index contributed by atoms with van der Waals surface area (Å²) >= 11 is 0. The van der Waals surface area contributed by atoms with E-state index < -0.39 is 6.10 Å². The molecule has 84 valence electrons. The summed E-state index contributed by atoms with van der Waals surface area (Å²) in [5, 5.41) is 8.96. The smallest absolute Gasteiger partial charge is 0.305 e. The van der Waals surface area contributed by atoms with Crippen LogP contribution >= 0.6 is 0 Å². The van der Waals surface area contributed by atoms with Crippen LogP contribution in [-0.4, -0.2) is 40.1 Å². The number of imidazole rings is 1. The molecule has 0 saturated carbocycles. The number of aromatic nitrogens is 2. The first-order valence-electron chi connectivity index (χ1n) is 4.67. The second-order valence-electron chi connectivity index (χ2n) is 2.87. The van der Waals surface area contributed by atoms with Crippen molar-refractivity contribution in [2.45, 2.75) is 19.4 Å². The van der Waals surface area contributed by atoms with E-state index in [1.165, 1.54) is 11.1 Å². The summed E-state index contributed by atoms with van der Waals surface area (Å²) in [5.74, 6) is -0.317. The van der Waals surface area contributed by atoms with E-state index in [4.69, 9.17) is 14.7 Å². The number of carbonyl (C=O) groups excluding carboxylic acids is 1. The quantitative estimate of drug-likeness (QED) is 0.654. The molecule has 0 aliphatic heterocycles. The van der Waals surface area contributed by atoms with E-state index in [0.29, 0.717) is 6.42 Å². The van der Waals surface area contributed by atoms with Crippen LogP contribution in [0.3, 0.4) is 0 Å². The van der Waals surface area contributed by atoms with Crippen molar-refractivity contribution in [3.63, 3.8) is 0 Å². The topological polar surface area (TPSA) is 73.6 Å². The van der Waals surface area contributed by atoms with Crippen LogP contribution in [0.4, 0.5) is 0 Å². The van der Waals surface area contributed by atoms with E-state index in [2.05, 4.69) is 4.98 Å². The molecular formula is C9H14N2O4. The maximum absolute atomic E-state index is 10.9. The van der Waals surface area contributed by atoms with E-state index in [1.807, 2.05) is 0 Å². The zero-order chi connectivity index (χ0) is 11.1. The normalized spacial score (nSPS) is 12.1. The van der Waals surface area contributed by atoms with Crippen LogP contribution in [0.1, 0.15) is 13.3 Å². The number of nitrogens with zero attached hydrogens (tertiary/aromatic N) is 2. The van der Waals surface area contributed by atoms with Crippen molar-refractivity contribution < 1.29 is 19.5 Å². The van der Waals surface area contributed by atoms with E-state index in [9.17, 15) is 4.79 Å². The SMILES string of the molecule is CCC(=O)OCC(CO)On1ccnc1. The standard InChI is InChI=1S/C9H14N2O4/c1-2-9(13)14-6-8(5-12)15-11-4-3-10-7-11/h3-4,7-8,12H,2,5-6H2,1H3. The van der Waals surface area contributed by atoms with Crippen molar-refractivity contribution in [3.05, 3.63) is 18.7 Å². The Hall–Kier alpha value is -1.56. The maximum Gasteiger partial charge on any atom is 0.305 e. The third-order valence-corrected chi connectivity index (χ3v) is 1.67. The first kappa shape index (κ1) is 11.5. The van der Waals surface area contributed by atoms with Crippen LogP contribution < -0.4 is 4.84 Å². The zero-order valence-electron chi connectivity index (χ0n) is 8.50. The lowest BCUT2D eigenvalue weighted by molar-refractivity contribution is -0.148. The van der Waals surface area contributed by atoms with Crippen LogP contribution in [-0.2, 0) is 9.53 Å². The summed E-state index contributed by atoms with van der Waals surface area (Å²) in [6, 6.07) is 0. The Labute approximate surface area is 87.4 Å². The van der Waals surface area contributed by atoms with Gasteiger partial charge in [0.25, 0.3) is 0 Å². The molecule has 15 heavy (non-hydrogen) atoms. The van der Waals surface area contributed by atoms with Crippen LogP contribution in [0.25, 0.3) is 0 Å². The Kier molecular flexibility index (Phi) is 4.62. The van der Waals surface area contributed by atoms with Gasteiger partial charge in [0.1, 0.15) is 12.9 Å². The van der Waals surface area contributed by atoms with Crippen LogP contribution in [0, 0.1) is 0 Å². The Morgan fingerprint density at radius 2 is 2.47 bits per heavy atom. The third-order valence-electron chi connectivity index (χ3n) is 1.67. The molecule has 0 bridgehead atoms. The van der Waals surface area contributed by atoms with E-state index >= 15 is 0 Å². The second kappa shape index (κ2) is 6.02. The van der Waals surface area contributed by atoms with E-state index in [0.717, 1.165) is 0 Å². The Bertz CT molecular complexity index is 286. The molecule has 0 radical (unpaired) electrons. The molecule has 0 amide bonds. The fraction of sp³-hybridized carbons (Fsp3) is 0.556. The molecule has 0 fully saturated rings. The molecule has 0 saturated heterocycles. The number of esters is 1. The highest BCUT2D eigenvalue weighted by Gasteiger charge is 2.12. The lowest BCUT2D eigenvalue weighted by Crippen LogP contribution is -2.33. The molecule has 6 heteroatoms. The van der Waals surface area contributed by atoms with E-state index in [-0.39, 0.29) is 19.2 Å². The molecule has 6 nitrogen and oxygen atoms in total. The minimum absolute atomic E-state index is 0.0291. The van der Waals surface area contributed by atoms with Gasteiger partial charge < -0.3 is 14.7 Å². The van der Waals surface area contributed by atoms with Gasteiger partial charge in [0.15, 0.2) is 6.10 Å². The summed E-state index contributed by atoms with van der Waals surface area (Å²) in [7, 11) is 0. The second-order valence-corrected chi connectivity index (χ2v) is 2.87. The number of ether oxygens (including phenoxy) is 1. The lowest BCUT2D eigenvalue weighted by atomic mass is 10.4. The molecule has 0 aromatic carbocycles. The molecule has 1 rings (SSSR count). The van der Waals surface area contributed by atoms with Crippen molar-refractivity contribution in [3.8, 4) is 0 Å². The number of rotatable bonds is 6. The monoisotopic (exact) mass is 214 g/mol. The molecule has 1 aromatic heterocycles. The molecule has 1 atom stereocenters. The van der Waals surface area contributed by atoms with Crippen molar-refractivity contribution in [1.82, 2.24) is 9.71 Å². The van der Waals surface area contributed by atoms with Gasteiger partial charge in [-0.05, 0) is 0 Å². The average Bonchev–Trinajstić information content (AvgIpc) is 2.76. The number of aliphatic hydroxyl groups is 1. The van der Waals surface area contributed by atoms with Gasteiger partial charge in [-0.25, -0.2) is 4.98 Å². The molecule has 1 unspecified atom stereocenters. The fourth-order valence-corrected chi connectivity index (χ4v) is 0.886. The number of hydrogen-bond donors (Lipinski definition) is 1. The summed E-state index contributed by atoms with van der Waals surface area (Å²) in [6.45, 7) is 1.50. The predicted molar refractivity (Wildman–Crippen MR) is 50.9 cm³/mol. The van der Waals surface area contributed by atoms with Crippen LogP contribution in [0.5, 0.6) is 0 Å². The van der Waals surface area contributed by atoms with Gasteiger partial charge in [0.05, 0.1) is 12.8 Å². The molecule has 1 heterocycles. The predicted octanol–water partition coefficient (Wildman–Crippen LogP) is -0.374. The highest BCUT2D eigenvalue weighted by atomic mass is 16.7. The first-order valence-corrected chi connectivity index (χ1v) is 4.67.